The average molecular weight is 367 g/mol. The van der Waals surface area contributed by atoms with E-state index in [1.807, 2.05) is 0 Å². The van der Waals surface area contributed by atoms with Crippen LogP contribution >= 0.6 is 23.2 Å². The summed E-state index contributed by atoms with van der Waals surface area (Å²) in [5.41, 5.74) is -0.0714. The van der Waals surface area contributed by atoms with Crippen molar-refractivity contribution in [3.63, 3.8) is 0 Å². The number of alkyl halides is 3. The Morgan fingerprint density at radius 3 is 2.04 bits per heavy atom. The molecule has 130 valence electrons. The minimum atomic E-state index is -4.51. The van der Waals surface area contributed by atoms with E-state index in [1.54, 1.807) is 0 Å². The zero-order chi connectivity index (χ0) is 17.0. The molecule has 5 heteroatoms. The zero-order valence-electron chi connectivity index (χ0n) is 13.4. The van der Waals surface area contributed by atoms with Crippen LogP contribution in [0.5, 0.6) is 0 Å². The van der Waals surface area contributed by atoms with Crippen molar-refractivity contribution >= 4 is 23.2 Å². The van der Waals surface area contributed by atoms with Crippen LogP contribution in [0.15, 0.2) is 12.1 Å². The molecule has 1 aliphatic carbocycles. The first kappa shape index (κ1) is 18.9. The van der Waals surface area contributed by atoms with Crippen molar-refractivity contribution in [2.75, 3.05) is 0 Å². The second-order valence-corrected chi connectivity index (χ2v) is 7.39. The van der Waals surface area contributed by atoms with Crippen molar-refractivity contribution in [3.05, 3.63) is 33.3 Å². The standard InChI is InChI=1S/C18H23Cl2F3/c1-2-3-4-5-12-6-8-13(9-7-12)14-10-15(19)17(16(20)11-14)18(21,22)23/h10-13H,2-9H2,1H3. The Morgan fingerprint density at radius 2 is 1.57 bits per heavy atom. The lowest BCUT2D eigenvalue weighted by Crippen LogP contribution is -2.14. The van der Waals surface area contributed by atoms with Crippen molar-refractivity contribution in [2.45, 2.75) is 70.4 Å². The van der Waals surface area contributed by atoms with Crippen LogP contribution in [0.25, 0.3) is 0 Å². The maximum atomic E-state index is 12.9. The van der Waals surface area contributed by atoms with Crippen molar-refractivity contribution in [1.29, 1.82) is 0 Å². The summed E-state index contributed by atoms with van der Waals surface area (Å²) in [7, 11) is 0. The lowest BCUT2D eigenvalue weighted by Gasteiger charge is -2.29. The van der Waals surface area contributed by atoms with Crippen molar-refractivity contribution in [3.8, 4) is 0 Å². The molecule has 0 atom stereocenters. The molecule has 0 amide bonds. The third kappa shape index (κ3) is 5.03. The van der Waals surface area contributed by atoms with Crippen LogP contribution in [0.1, 0.15) is 75.3 Å². The average Bonchev–Trinajstić information content (AvgIpc) is 2.46. The Balaban J connectivity index is 2.02. The quantitative estimate of drug-likeness (QED) is 0.465. The summed E-state index contributed by atoms with van der Waals surface area (Å²) >= 11 is 11.7. The van der Waals surface area contributed by atoms with Crippen LogP contribution in [0.3, 0.4) is 0 Å². The molecule has 0 unspecified atom stereocenters. The Hall–Kier alpha value is -0.410. The van der Waals surface area contributed by atoms with Gasteiger partial charge >= 0.3 is 6.18 Å². The lowest BCUT2D eigenvalue weighted by molar-refractivity contribution is -0.137. The van der Waals surface area contributed by atoms with E-state index in [-0.39, 0.29) is 16.0 Å². The Labute approximate surface area is 146 Å². The molecule has 0 heterocycles. The van der Waals surface area contributed by atoms with Crippen molar-refractivity contribution in [1.82, 2.24) is 0 Å². The fourth-order valence-corrected chi connectivity index (χ4v) is 4.28. The monoisotopic (exact) mass is 366 g/mol. The zero-order valence-corrected chi connectivity index (χ0v) is 14.9. The van der Waals surface area contributed by atoms with Gasteiger partial charge in [0, 0.05) is 0 Å². The van der Waals surface area contributed by atoms with E-state index < -0.39 is 11.7 Å². The highest BCUT2D eigenvalue weighted by atomic mass is 35.5. The molecule has 0 spiro atoms. The largest absolute Gasteiger partial charge is 0.419 e. The summed E-state index contributed by atoms with van der Waals surface area (Å²) in [5.74, 6) is 1.04. The predicted molar refractivity (Wildman–Crippen MR) is 90.3 cm³/mol. The van der Waals surface area contributed by atoms with Gasteiger partial charge in [-0.1, -0.05) is 55.8 Å². The number of rotatable bonds is 5. The van der Waals surface area contributed by atoms with E-state index in [2.05, 4.69) is 6.92 Å². The fraction of sp³-hybridized carbons (Fsp3) is 0.667. The topological polar surface area (TPSA) is 0 Å². The molecule has 0 saturated heterocycles. The molecule has 0 aromatic heterocycles. The van der Waals surface area contributed by atoms with E-state index in [4.69, 9.17) is 23.2 Å². The van der Waals surface area contributed by atoms with Crippen LogP contribution in [-0.2, 0) is 6.18 Å². The second kappa shape index (κ2) is 8.11. The van der Waals surface area contributed by atoms with Gasteiger partial charge < -0.3 is 0 Å². The van der Waals surface area contributed by atoms with Gasteiger partial charge in [-0.2, -0.15) is 13.2 Å². The molecular formula is C18H23Cl2F3. The first-order chi connectivity index (χ1) is 10.8. The molecule has 0 bridgehead atoms. The fourth-order valence-electron chi connectivity index (χ4n) is 3.57. The van der Waals surface area contributed by atoms with Crippen LogP contribution in [-0.4, -0.2) is 0 Å². The summed E-state index contributed by atoms with van der Waals surface area (Å²) < 4.78 is 38.7. The molecule has 1 fully saturated rings. The molecule has 0 N–H and O–H groups in total. The van der Waals surface area contributed by atoms with E-state index in [0.29, 0.717) is 0 Å². The summed E-state index contributed by atoms with van der Waals surface area (Å²) in [4.78, 5) is 0. The summed E-state index contributed by atoms with van der Waals surface area (Å²) in [6.07, 6.45) is 4.86. The number of halogens is 5. The number of benzene rings is 1. The van der Waals surface area contributed by atoms with Gasteiger partial charge in [0.2, 0.25) is 0 Å². The van der Waals surface area contributed by atoms with Crippen LogP contribution in [0, 0.1) is 5.92 Å². The highest BCUT2D eigenvalue weighted by molar-refractivity contribution is 6.36. The Bertz CT molecular complexity index is 494. The molecule has 1 aromatic rings. The number of hydrogen-bond acceptors (Lipinski definition) is 0. The second-order valence-electron chi connectivity index (χ2n) is 6.57. The molecule has 0 nitrogen and oxygen atoms in total. The van der Waals surface area contributed by atoms with Gasteiger partial charge in [-0.3, -0.25) is 0 Å². The number of unbranched alkanes of at least 4 members (excludes halogenated alkanes) is 2. The lowest BCUT2D eigenvalue weighted by atomic mass is 9.77. The maximum absolute atomic E-state index is 12.9. The Morgan fingerprint density at radius 1 is 1.00 bits per heavy atom. The SMILES string of the molecule is CCCCCC1CCC(c2cc(Cl)c(C(F)(F)F)c(Cl)c2)CC1. The highest BCUT2D eigenvalue weighted by Gasteiger charge is 2.36. The van der Waals surface area contributed by atoms with Gasteiger partial charge in [-0.25, -0.2) is 0 Å². The maximum Gasteiger partial charge on any atom is 0.419 e. The molecule has 1 aromatic carbocycles. The van der Waals surface area contributed by atoms with Gasteiger partial charge in [0.05, 0.1) is 15.6 Å². The number of hydrogen-bond donors (Lipinski definition) is 0. The van der Waals surface area contributed by atoms with Crippen LogP contribution < -0.4 is 0 Å². The van der Waals surface area contributed by atoms with Crippen molar-refractivity contribution < 1.29 is 13.2 Å². The third-order valence-electron chi connectivity index (χ3n) is 4.88. The van der Waals surface area contributed by atoms with E-state index in [0.717, 1.165) is 37.2 Å². The minimum Gasteiger partial charge on any atom is -0.166 e. The molecule has 2 rings (SSSR count). The van der Waals surface area contributed by atoms with Gasteiger partial charge in [-0.05, 0) is 55.2 Å². The molecule has 23 heavy (non-hydrogen) atoms. The molecular weight excluding hydrogens is 344 g/mol. The van der Waals surface area contributed by atoms with Gasteiger partial charge in [0.25, 0.3) is 0 Å². The Kier molecular flexibility index (Phi) is 6.67. The first-order valence-corrected chi connectivity index (χ1v) is 9.14. The van der Waals surface area contributed by atoms with Crippen LogP contribution in [0.2, 0.25) is 10.0 Å². The molecule has 1 aliphatic rings. The summed E-state index contributed by atoms with van der Waals surface area (Å²) in [6.45, 7) is 2.20. The third-order valence-corrected chi connectivity index (χ3v) is 5.48. The van der Waals surface area contributed by atoms with E-state index >= 15 is 0 Å². The first-order valence-electron chi connectivity index (χ1n) is 8.39. The normalized spacial score (nSPS) is 22.3. The predicted octanol–water partition coefficient (Wildman–Crippen LogP) is 7.87. The highest BCUT2D eigenvalue weighted by Crippen LogP contribution is 2.44. The molecule has 1 saturated carbocycles. The minimum absolute atomic E-state index is 0.273. The smallest absolute Gasteiger partial charge is 0.166 e. The summed E-state index contributed by atoms with van der Waals surface area (Å²) in [5, 5.41) is -0.574. The summed E-state index contributed by atoms with van der Waals surface area (Å²) in [6, 6.07) is 2.91. The van der Waals surface area contributed by atoms with Crippen molar-refractivity contribution in [2.24, 2.45) is 5.92 Å². The van der Waals surface area contributed by atoms with Gasteiger partial charge in [0.1, 0.15) is 0 Å². The van der Waals surface area contributed by atoms with Crippen LogP contribution in [0.4, 0.5) is 13.2 Å². The molecule has 0 aliphatic heterocycles. The van der Waals surface area contributed by atoms with E-state index in [9.17, 15) is 13.2 Å². The van der Waals surface area contributed by atoms with Gasteiger partial charge in [0.15, 0.2) is 0 Å². The van der Waals surface area contributed by atoms with E-state index in [1.165, 1.54) is 37.8 Å². The molecule has 0 radical (unpaired) electrons. The van der Waals surface area contributed by atoms with Gasteiger partial charge in [-0.15, -0.1) is 0 Å².